The van der Waals surface area contributed by atoms with E-state index in [0.717, 1.165) is 12.1 Å². The number of hydrogen-bond acceptors (Lipinski definition) is 4. The van der Waals surface area contributed by atoms with Crippen LogP contribution in [0.2, 0.25) is 0 Å². The Kier molecular flexibility index (Phi) is 7.29. The molecule has 0 heterocycles. The molecule has 0 radical (unpaired) electrons. The van der Waals surface area contributed by atoms with Gasteiger partial charge in [0.2, 0.25) is 0 Å². The average molecular weight is 370 g/mol. The van der Waals surface area contributed by atoms with Crippen molar-refractivity contribution in [1.82, 2.24) is 0 Å². The van der Waals surface area contributed by atoms with Crippen LogP contribution in [0.3, 0.4) is 0 Å². The fourth-order valence-corrected chi connectivity index (χ4v) is 2.13. The number of ether oxygens (including phenoxy) is 4. The van der Waals surface area contributed by atoms with Gasteiger partial charge in [-0.05, 0) is 62.4 Å². The van der Waals surface area contributed by atoms with E-state index in [1.54, 1.807) is 24.3 Å². The van der Waals surface area contributed by atoms with E-state index in [4.69, 9.17) is 18.9 Å². The molecule has 0 spiro atoms. The van der Waals surface area contributed by atoms with Gasteiger partial charge in [-0.1, -0.05) is 0 Å². The summed E-state index contributed by atoms with van der Waals surface area (Å²) in [5, 5.41) is 0. The summed E-state index contributed by atoms with van der Waals surface area (Å²) in [5.41, 5.74) is -0.716. The molecule has 0 unspecified atom stereocenters. The predicted octanol–water partition coefficient (Wildman–Crippen LogP) is 5.28. The second-order valence-corrected chi connectivity index (χ2v) is 5.25. The van der Waals surface area contributed by atoms with E-state index in [1.165, 1.54) is 12.1 Å². The van der Waals surface area contributed by atoms with Crippen molar-refractivity contribution >= 4 is 0 Å². The third-order valence-corrected chi connectivity index (χ3v) is 3.33. The summed E-state index contributed by atoms with van der Waals surface area (Å²) >= 11 is 0. The monoisotopic (exact) mass is 370 g/mol. The first-order valence-electron chi connectivity index (χ1n) is 8.23. The Balaban J connectivity index is 1.90. The van der Waals surface area contributed by atoms with E-state index in [0.29, 0.717) is 30.5 Å². The van der Waals surface area contributed by atoms with Gasteiger partial charge in [-0.15, -0.1) is 0 Å². The predicted molar refractivity (Wildman–Crippen MR) is 90.5 cm³/mol. The van der Waals surface area contributed by atoms with E-state index in [2.05, 4.69) is 0 Å². The van der Waals surface area contributed by atoms with Crippen molar-refractivity contribution < 1.29 is 32.1 Å². The lowest BCUT2D eigenvalue weighted by molar-refractivity contribution is -0.152. The van der Waals surface area contributed by atoms with Gasteiger partial charge in [-0.25, -0.2) is 0 Å². The Morgan fingerprint density at radius 2 is 1.23 bits per heavy atom. The number of hydrogen-bond donors (Lipinski definition) is 0. The molecule has 2 rings (SSSR count). The lowest BCUT2D eigenvalue weighted by Gasteiger charge is -2.17. The number of halogens is 3. The van der Waals surface area contributed by atoms with E-state index >= 15 is 0 Å². The summed E-state index contributed by atoms with van der Waals surface area (Å²) in [6.45, 7) is 5.04. The molecule has 0 aliphatic rings. The van der Waals surface area contributed by atoms with Crippen LogP contribution < -0.4 is 9.47 Å². The molecule has 0 saturated heterocycles. The summed E-state index contributed by atoms with van der Waals surface area (Å²) in [6, 6.07) is 11.3. The maximum absolute atomic E-state index is 12.5. The Morgan fingerprint density at radius 3 is 1.69 bits per heavy atom. The fourth-order valence-electron chi connectivity index (χ4n) is 2.13. The highest BCUT2D eigenvalue weighted by Gasteiger charge is 2.30. The van der Waals surface area contributed by atoms with Gasteiger partial charge in [0.25, 0.3) is 0 Å². The van der Waals surface area contributed by atoms with Crippen molar-refractivity contribution in [1.29, 1.82) is 0 Å². The minimum atomic E-state index is -4.36. The Hall–Kier alpha value is -2.25. The van der Waals surface area contributed by atoms with E-state index in [-0.39, 0.29) is 6.61 Å². The SMILES string of the molecule is CCOC(COc1ccc(Oc2ccc(C(F)(F)F)cc2)cc1)OCC. The van der Waals surface area contributed by atoms with E-state index < -0.39 is 18.0 Å². The van der Waals surface area contributed by atoms with Gasteiger partial charge in [0.1, 0.15) is 23.9 Å². The van der Waals surface area contributed by atoms with Gasteiger partial charge < -0.3 is 18.9 Å². The minimum Gasteiger partial charge on any atom is -0.488 e. The van der Waals surface area contributed by atoms with Crippen LogP contribution in [-0.4, -0.2) is 26.1 Å². The Bertz CT molecular complexity index is 648. The van der Waals surface area contributed by atoms with Gasteiger partial charge in [-0.3, -0.25) is 0 Å². The zero-order valence-electron chi connectivity index (χ0n) is 14.6. The molecule has 0 saturated carbocycles. The van der Waals surface area contributed by atoms with Crippen LogP contribution in [0.15, 0.2) is 48.5 Å². The van der Waals surface area contributed by atoms with Crippen LogP contribution in [0, 0.1) is 0 Å². The minimum absolute atomic E-state index is 0.251. The first kappa shape index (κ1) is 20.1. The molecule has 7 heteroatoms. The molecule has 0 aromatic heterocycles. The first-order chi connectivity index (χ1) is 12.4. The Morgan fingerprint density at radius 1 is 0.769 bits per heavy atom. The highest BCUT2D eigenvalue weighted by Crippen LogP contribution is 2.31. The van der Waals surface area contributed by atoms with Crippen molar-refractivity contribution in [3.63, 3.8) is 0 Å². The molecule has 0 N–H and O–H groups in total. The van der Waals surface area contributed by atoms with Gasteiger partial charge in [0.05, 0.1) is 5.56 Å². The van der Waals surface area contributed by atoms with Gasteiger partial charge in [0.15, 0.2) is 6.29 Å². The lowest BCUT2D eigenvalue weighted by atomic mass is 10.2. The van der Waals surface area contributed by atoms with Crippen molar-refractivity contribution in [2.75, 3.05) is 19.8 Å². The molecule has 2 aromatic rings. The standard InChI is InChI=1S/C19H21F3O4/c1-3-23-18(24-4-2)13-25-15-9-11-17(12-10-15)26-16-7-5-14(6-8-16)19(20,21)22/h5-12,18H,3-4,13H2,1-2H3. The van der Waals surface area contributed by atoms with Crippen molar-refractivity contribution in [3.8, 4) is 17.2 Å². The molecule has 0 aliphatic carbocycles. The molecule has 0 atom stereocenters. The number of benzene rings is 2. The van der Waals surface area contributed by atoms with Crippen LogP contribution in [0.4, 0.5) is 13.2 Å². The quantitative estimate of drug-likeness (QED) is 0.563. The maximum Gasteiger partial charge on any atom is 0.416 e. The number of alkyl halides is 3. The lowest BCUT2D eigenvalue weighted by Crippen LogP contribution is -2.25. The normalized spacial score (nSPS) is 11.6. The average Bonchev–Trinajstić information content (AvgIpc) is 2.61. The molecule has 4 nitrogen and oxygen atoms in total. The third kappa shape index (κ3) is 6.24. The van der Waals surface area contributed by atoms with Crippen molar-refractivity contribution in [2.24, 2.45) is 0 Å². The van der Waals surface area contributed by atoms with Crippen molar-refractivity contribution in [3.05, 3.63) is 54.1 Å². The largest absolute Gasteiger partial charge is 0.488 e. The molecule has 2 aromatic carbocycles. The molecule has 142 valence electrons. The van der Waals surface area contributed by atoms with Crippen LogP contribution in [0.25, 0.3) is 0 Å². The smallest absolute Gasteiger partial charge is 0.416 e. The van der Waals surface area contributed by atoms with Crippen LogP contribution >= 0.6 is 0 Å². The maximum atomic E-state index is 12.5. The molecular weight excluding hydrogens is 349 g/mol. The van der Waals surface area contributed by atoms with Crippen LogP contribution in [0.1, 0.15) is 19.4 Å². The summed E-state index contributed by atoms with van der Waals surface area (Å²) in [4.78, 5) is 0. The number of rotatable bonds is 9. The third-order valence-electron chi connectivity index (χ3n) is 3.33. The van der Waals surface area contributed by atoms with Gasteiger partial charge in [-0.2, -0.15) is 13.2 Å². The highest BCUT2D eigenvalue weighted by atomic mass is 19.4. The zero-order chi connectivity index (χ0) is 19.0. The fraction of sp³-hybridized carbons (Fsp3) is 0.368. The summed E-state index contributed by atoms with van der Waals surface area (Å²) in [5.74, 6) is 1.41. The highest BCUT2D eigenvalue weighted by molar-refractivity contribution is 5.36. The molecule has 0 amide bonds. The summed E-state index contributed by atoms with van der Waals surface area (Å²) in [6.07, 6.45) is -4.80. The second kappa shape index (κ2) is 9.45. The van der Waals surface area contributed by atoms with Gasteiger partial charge in [0, 0.05) is 13.2 Å². The Labute approximate surface area is 150 Å². The summed E-state index contributed by atoms with van der Waals surface area (Å²) in [7, 11) is 0. The molecule has 26 heavy (non-hydrogen) atoms. The molecular formula is C19H21F3O4. The zero-order valence-corrected chi connectivity index (χ0v) is 14.6. The van der Waals surface area contributed by atoms with Gasteiger partial charge >= 0.3 is 6.18 Å². The van der Waals surface area contributed by atoms with E-state index in [1.807, 2.05) is 13.8 Å². The topological polar surface area (TPSA) is 36.9 Å². The molecule has 0 bridgehead atoms. The van der Waals surface area contributed by atoms with Crippen LogP contribution in [0.5, 0.6) is 17.2 Å². The summed E-state index contributed by atoms with van der Waals surface area (Å²) < 4.78 is 59.5. The first-order valence-corrected chi connectivity index (χ1v) is 8.23. The van der Waals surface area contributed by atoms with Crippen molar-refractivity contribution in [2.45, 2.75) is 26.3 Å². The van der Waals surface area contributed by atoms with E-state index in [9.17, 15) is 13.2 Å². The molecule has 0 aliphatic heterocycles. The molecule has 0 fully saturated rings. The second-order valence-electron chi connectivity index (χ2n) is 5.25. The van der Waals surface area contributed by atoms with Crippen LogP contribution in [-0.2, 0) is 15.7 Å².